The fourth-order valence-corrected chi connectivity index (χ4v) is 3.53. The number of benzene rings is 1. The van der Waals surface area contributed by atoms with Crippen molar-refractivity contribution < 1.29 is 4.79 Å². The van der Waals surface area contributed by atoms with Crippen LogP contribution in [-0.4, -0.2) is 38.7 Å². The molecule has 9 heteroatoms. The van der Waals surface area contributed by atoms with E-state index in [0.717, 1.165) is 38.1 Å². The van der Waals surface area contributed by atoms with E-state index in [1.807, 2.05) is 12.1 Å². The molecule has 2 heterocycles. The number of nitrogens with one attached hydrogen (secondary N) is 2. The zero-order chi connectivity index (χ0) is 17.4. The molecular weight excluding hydrogens is 375 g/mol. The SMILES string of the molecule is C[C@H]1C[C@@H](C(=O)Nc2ccc(Cl)c(-n3nnnc3C3CC3)c2)CCN1.Cl. The average Bonchev–Trinajstić information content (AvgIpc) is 3.34. The van der Waals surface area contributed by atoms with E-state index >= 15 is 0 Å². The molecule has 1 saturated heterocycles. The molecule has 140 valence electrons. The zero-order valence-electron chi connectivity index (χ0n) is 14.5. The maximum Gasteiger partial charge on any atom is 0.227 e. The third-order valence-corrected chi connectivity index (χ3v) is 5.19. The first-order valence-electron chi connectivity index (χ1n) is 8.74. The standard InChI is InChI=1S/C17H21ClN6O.ClH/c1-10-8-12(6-7-19-10)17(25)20-13-4-5-14(18)15(9-13)24-16(11-2-3-11)21-22-23-24;/h4-5,9-12,19H,2-3,6-8H2,1H3,(H,20,25);1H/t10-,12-;/m0./s1. The zero-order valence-corrected chi connectivity index (χ0v) is 16.1. The minimum absolute atomic E-state index is 0. The summed E-state index contributed by atoms with van der Waals surface area (Å²) < 4.78 is 1.68. The number of amides is 1. The van der Waals surface area contributed by atoms with Crippen LogP contribution in [0.3, 0.4) is 0 Å². The quantitative estimate of drug-likeness (QED) is 0.829. The van der Waals surface area contributed by atoms with E-state index in [4.69, 9.17) is 11.6 Å². The van der Waals surface area contributed by atoms with Crippen molar-refractivity contribution in [3.8, 4) is 5.69 Å². The molecule has 1 aliphatic carbocycles. The van der Waals surface area contributed by atoms with E-state index in [1.165, 1.54) is 0 Å². The average molecular weight is 397 g/mol. The summed E-state index contributed by atoms with van der Waals surface area (Å²) in [4.78, 5) is 12.6. The van der Waals surface area contributed by atoms with Crippen LogP contribution < -0.4 is 10.6 Å². The van der Waals surface area contributed by atoms with Gasteiger partial charge in [0.2, 0.25) is 5.91 Å². The van der Waals surface area contributed by atoms with E-state index in [0.29, 0.717) is 28.4 Å². The Morgan fingerprint density at radius 3 is 2.88 bits per heavy atom. The van der Waals surface area contributed by atoms with E-state index in [2.05, 4.69) is 33.1 Å². The summed E-state index contributed by atoms with van der Waals surface area (Å²) in [6.07, 6.45) is 3.91. The maximum absolute atomic E-state index is 12.6. The summed E-state index contributed by atoms with van der Waals surface area (Å²) >= 11 is 6.35. The molecule has 0 bridgehead atoms. The maximum atomic E-state index is 12.6. The molecule has 2 aromatic rings. The first-order valence-corrected chi connectivity index (χ1v) is 9.12. The monoisotopic (exact) mass is 396 g/mol. The number of rotatable bonds is 4. The first-order chi connectivity index (χ1) is 12.1. The van der Waals surface area contributed by atoms with Crippen LogP contribution in [0.15, 0.2) is 18.2 Å². The summed E-state index contributed by atoms with van der Waals surface area (Å²) in [5.74, 6) is 1.32. The fourth-order valence-electron chi connectivity index (χ4n) is 3.33. The van der Waals surface area contributed by atoms with Gasteiger partial charge in [-0.05, 0) is 67.8 Å². The molecule has 1 aromatic heterocycles. The van der Waals surface area contributed by atoms with Crippen molar-refractivity contribution in [3.05, 3.63) is 29.0 Å². The molecule has 1 saturated carbocycles. The minimum Gasteiger partial charge on any atom is -0.326 e. The van der Waals surface area contributed by atoms with Crippen molar-refractivity contribution in [1.29, 1.82) is 0 Å². The smallest absolute Gasteiger partial charge is 0.227 e. The number of hydrogen-bond donors (Lipinski definition) is 2. The van der Waals surface area contributed by atoms with Crippen LogP contribution in [0.25, 0.3) is 5.69 Å². The van der Waals surface area contributed by atoms with E-state index in [1.54, 1.807) is 10.7 Å². The molecule has 1 amide bonds. The van der Waals surface area contributed by atoms with Crippen LogP contribution >= 0.6 is 24.0 Å². The number of piperidine rings is 1. The highest BCUT2D eigenvalue weighted by atomic mass is 35.5. The number of halogens is 2. The van der Waals surface area contributed by atoms with E-state index < -0.39 is 0 Å². The summed E-state index contributed by atoms with van der Waals surface area (Å²) in [5, 5.41) is 18.9. The highest BCUT2D eigenvalue weighted by molar-refractivity contribution is 6.32. The molecule has 26 heavy (non-hydrogen) atoms. The number of anilines is 1. The summed E-state index contributed by atoms with van der Waals surface area (Å²) in [5.41, 5.74) is 1.41. The van der Waals surface area contributed by atoms with Gasteiger partial charge in [0.25, 0.3) is 0 Å². The van der Waals surface area contributed by atoms with Gasteiger partial charge in [-0.3, -0.25) is 4.79 Å². The Morgan fingerprint density at radius 1 is 1.35 bits per heavy atom. The second-order valence-corrected chi connectivity index (χ2v) is 7.36. The Bertz CT molecular complexity index is 791. The largest absolute Gasteiger partial charge is 0.326 e. The minimum atomic E-state index is 0. The highest BCUT2D eigenvalue weighted by Crippen LogP contribution is 2.40. The molecular formula is C17H22Cl2N6O. The summed E-state index contributed by atoms with van der Waals surface area (Å²) in [6, 6.07) is 5.80. The van der Waals surface area contributed by atoms with Crippen molar-refractivity contribution in [1.82, 2.24) is 25.5 Å². The van der Waals surface area contributed by atoms with Crippen LogP contribution in [0.4, 0.5) is 5.69 Å². The second kappa shape index (κ2) is 7.90. The van der Waals surface area contributed by atoms with Gasteiger partial charge >= 0.3 is 0 Å². The summed E-state index contributed by atoms with van der Waals surface area (Å²) in [6.45, 7) is 2.98. The molecule has 1 aromatic carbocycles. The van der Waals surface area contributed by atoms with E-state index in [9.17, 15) is 4.79 Å². The Hall–Kier alpha value is -1.70. The van der Waals surface area contributed by atoms with Crippen molar-refractivity contribution in [2.75, 3.05) is 11.9 Å². The Balaban J connectivity index is 0.00000196. The van der Waals surface area contributed by atoms with Gasteiger partial charge in [-0.2, -0.15) is 4.68 Å². The Kier molecular flexibility index (Phi) is 5.79. The van der Waals surface area contributed by atoms with Crippen molar-refractivity contribution in [2.45, 2.75) is 44.6 Å². The number of tetrazole rings is 1. The number of carbonyl (C=O) groups is 1. The van der Waals surface area contributed by atoms with Gasteiger partial charge in [-0.1, -0.05) is 11.6 Å². The summed E-state index contributed by atoms with van der Waals surface area (Å²) in [7, 11) is 0. The number of hydrogen-bond acceptors (Lipinski definition) is 5. The van der Waals surface area contributed by atoms with Gasteiger partial charge in [-0.15, -0.1) is 17.5 Å². The van der Waals surface area contributed by atoms with Crippen LogP contribution in [0.2, 0.25) is 5.02 Å². The van der Waals surface area contributed by atoms with Crippen molar-refractivity contribution in [3.63, 3.8) is 0 Å². The number of nitrogens with zero attached hydrogens (tertiary/aromatic N) is 4. The molecule has 2 aliphatic rings. The van der Waals surface area contributed by atoms with Gasteiger partial charge < -0.3 is 10.6 Å². The second-order valence-electron chi connectivity index (χ2n) is 6.96. The van der Waals surface area contributed by atoms with Crippen LogP contribution in [0.1, 0.15) is 44.3 Å². The lowest BCUT2D eigenvalue weighted by Crippen LogP contribution is -2.40. The topological polar surface area (TPSA) is 84.7 Å². The van der Waals surface area contributed by atoms with Gasteiger partial charge in [0.15, 0.2) is 5.82 Å². The lowest BCUT2D eigenvalue weighted by atomic mass is 9.92. The molecule has 7 nitrogen and oxygen atoms in total. The third kappa shape index (κ3) is 4.00. The molecule has 2 N–H and O–H groups in total. The van der Waals surface area contributed by atoms with Gasteiger partial charge in [0.1, 0.15) is 0 Å². The first kappa shape index (κ1) is 19.1. The van der Waals surface area contributed by atoms with Crippen molar-refractivity contribution >= 4 is 35.6 Å². The van der Waals surface area contributed by atoms with Crippen LogP contribution in [0, 0.1) is 5.92 Å². The molecule has 0 radical (unpaired) electrons. The Labute approximate surface area is 163 Å². The fraction of sp³-hybridized carbons (Fsp3) is 0.529. The predicted molar refractivity (Wildman–Crippen MR) is 102 cm³/mol. The third-order valence-electron chi connectivity index (χ3n) is 4.87. The molecule has 2 fully saturated rings. The van der Waals surface area contributed by atoms with E-state index in [-0.39, 0.29) is 24.2 Å². The van der Waals surface area contributed by atoms with Gasteiger partial charge in [0, 0.05) is 23.6 Å². The highest BCUT2D eigenvalue weighted by Gasteiger charge is 2.30. The Morgan fingerprint density at radius 2 is 2.15 bits per heavy atom. The normalized spacial score (nSPS) is 22.5. The van der Waals surface area contributed by atoms with Gasteiger partial charge in [-0.25, -0.2) is 0 Å². The van der Waals surface area contributed by atoms with Gasteiger partial charge in [0.05, 0.1) is 10.7 Å². The van der Waals surface area contributed by atoms with Crippen LogP contribution in [-0.2, 0) is 4.79 Å². The number of carbonyl (C=O) groups excluding carboxylic acids is 1. The molecule has 4 rings (SSSR count). The predicted octanol–water partition coefficient (Wildman–Crippen LogP) is 2.94. The van der Waals surface area contributed by atoms with Crippen molar-refractivity contribution in [2.24, 2.45) is 5.92 Å². The lowest BCUT2D eigenvalue weighted by molar-refractivity contribution is -0.120. The molecule has 0 unspecified atom stereocenters. The molecule has 1 aliphatic heterocycles. The number of aromatic nitrogens is 4. The van der Waals surface area contributed by atoms with Crippen LogP contribution in [0.5, 0.6) is 0 Å². The lowest BCUT2D eigenvalue weighted by Gasteiger charge is -2.27. The molecule has 0 spiro atoms. The molecule has 2 atom stereocenters.